The number of morpholine rings is 1. The molecular formula is C22H28N2O2. The lowest BCUT2D eigenvalue weighted by atomic mass is 9.87. The van der Waals surface area contributed by atoms with E-state index in [1.54, 1.807) is 0 Å². The van der Waals surface area contributed by atoms with Crippen LogP contribution in [-0.4, -0.2) is 37.1 Å². The highest BCUT2D eigenvalue weighted by atomic mass is 16.5. The maximum absolute atomic E-state index is 12.5. The molecule has 4 nitrogen and oxygen atoms in total. The van der Waals surface area contributed by atoms with Gasteiger partial charge >= 0.3 is 0 Å². The van der Waals surface area contributed by atoms with Crippen LogP contribution in [0.5, 0.6) is 0 Å². The predicted molar refractivity (Wildman–Crippen MR) is 106 cm³/mol. The molecule has 0 radical (unpaired) electrons. The summed E-state index contributed by atoms with van der Waals surface area (Å²) < 4.78 is 5.38. The summed E-state index contributed by atoms with van der Waals surface area (Å²) in [6, 6.07) is 15.9. The van der Waals surface area contributed by atoms with Crippen LogP contribution in [0.3, 0.4) is 0 Å². The van der Waals surface area contributed by atoms with Gasteiger partial charge in [-0.25, -0.2) is 0 Å². The van der Waals surface area contributed by atoms with Crippen LogP contribution in [0, 0.1) is 0 Å². The van der Waals surface area contributed by atoms with Gasteiger partial charge in [-0.05, 0) is 40.8 Å². The van der Waals surface area contributed by atoms with E-state index < -0.39 is 0 Å². The van der Waals surface area contributed by atoms with Gasteiger partial charge in [0.25, 0.3) is 5.91 Å². The molecule has 3 rings (SSSR count). The zero-order chi connectivity index (χ0) is 18.6. The van der Waals surface area contributed by atoms with E-state index in [1.807, 2.05) is 36.4 Å². The number of carbonyl (C=O) groups excluding carboxylic acids is 1. The minimum absolute atomic E-state index is 0.0774. The topological polar surface area (TPSA) is 41.6 Å². The molecule has 0 saturated carbocycles. The molecule has 0 aliphatic carbocycles. The highest BCUT2D eigenvalue weighted by Gasteiger charge is 2.14. The van der Waals surface area contributed by atoms with Crippen LogP contribution in [0.2, 0.25) is 0 Å². The van der Waals surface area contributed by atoms with Gasteiger partial charge in [-0.2, -0.15) is 0 Å². The van der Waals surface area contributed by atoms with Crippen molar-refractivity contribution >= 4 is 11.6 Å². The Labute approximate surface area is 156 Å². The van der Waals surface area contributed by atoms with Crippen molar-refractivity contribution in [3.05, 3.63) is 65.2 Å². The van der Waals surface area contributed by atoms with Gasteiger partial charge < -0.3 is 10.1 Å². The third-order valence-corrected chi connectivity index (χ3v) is 4.73. The van der Waals surface area contributed by atoms with Gasteiger partial charge in [0.2, 0.25) is 0 Å². The van der Waals surface area contributed by atoms with Crippen molar-refractivity contribution in [1.82, 2.24) is 4.90 Å². The van der Waals surface area contributed by atoms with Crippen molar-refractivity contribution in [2.24, 2.45) is 0 Å². The van der Waals surface area contributed by atoms with Crippen molar-refractivity contribution in [3.8, 4) is 0 Å². The average molecular weight is 352 g/mol. The molecule has 0 spiro atoms. The number of anilines is 1. The van der Waals surface area contributed by atoms with E-state index in [9.17, 15) is 4.79 Å². The summed E-state index contributed by atoms with van der Waals surface area (Å²) in [6.45, 7) is 11.0. The minimum atomic E-state index is -0.0774. The first-order valence-corrected chi connectivity index (χ1v) is 9.23. The lowest BCUT2D eigenvalue weighted by Gasteiger charge is -2.26. The first kappa shape index (κ1) is 18.6. The van der Waals surface area contributed by atoms with Gasteiger partial charge in [0, 0.05) is 30.9 Å². The van der Waals surface area contributed by atoms with Crippen LogP contribution in [0.15, 0.2) is 48.5 Å². The molecule has 0 bridgehead atoms. The van der Waals surface area contributed by atoms with E-state index in [4.69, 9.17) is 4.74 Å². The fraction of sp³-hybridized carbons (Fsp3) is 0.409. The normalized spacial score (nSPS) is 15.7. The molecule has 2 aromatic rings. The number of hydrogen-bond acceptors (Lipinski definition) is 3. The highest BCUT2D eigenvalue weighted by Crippen LogP contribution is 2.23. The molecule has 1 N–H and O–H groups in total. The Morgan fingerprint density at radius 3 is 2.19 bits per heavy atom. The molecular weight excluding hydrogens is 324 g/mol. The summed E-state index contributed by atoms with van der Waals surface area (Å²) in [6.07, 6.45) is 0. The smallest absolute Gasteiger partial charge is 0.255 e. The highest BCUT2D eigenvalue weighted by molar-refractivity contribution is 6.04. The molecule has 138 valence electrons. The van der Waals surface area contributed by atoms with Gasteiger partial charge in [0.05, 0.1) is 13.2 Å². The van der Waals surface area contributed by atoms with Crippen molar-refractivity contribution in [2.45, 2.75) is 32.7 Å². The molecule has 1 fully saturated rings. The second kappa shape index (κ2) is 8.02. The van der Waals surface area contributed by atoms with Crippen LogP contribution in [0.1, 0.15) is 42.3 Å². The number of rotatable bonds is 4. The molecule has 1 aliphatic rings. The third-order valence-electron chi connectivity index (χ3n) is 4.73. The number of hydrogen-bond donors (Lipinski definition) is 1. The summed E-state index contributed by atoms with van der Waals surface area (Å²) in [5.41, 5.74) is 4.08. The number of amides is 1. The molecule has 0 aromatic heterocycles. The number of ether oxygens (including phenoxy) is 1. The van der Waals surface area contributed by atoms with E-state index >= 15 is 0 Å². The van der Waals surface area contributed by atoms with E-state index in [-0.39, 0.29) is 11.3 Å². The van der Waals surface area contributed by atoms with Gasteiger partial charge in [-0.15, -0.1) is 0 Å². The van der Waals surface area contributed by atoms with E-state index in [1.165, 1.54) is 11.1 Å². The zero-order valence-corrected chi connectivity index (χ0v) is 15.9. The fourth-order valence-corrected chi connectivity index (χ4v) is 3.04. The molecule has 2 aromatic carbocycles. The molecule has 0 unspecified atom stereocenters. The molecule has 1 heterocycles. The van der Waals surface area contributed by atoms with Crippen LogP contribution < -0.4 is 5.32 Å². The van der Waals surface area contributed by atoms with Gasteiger partial charge in [-0.3, -0.25) is 9.69 Å². The average Bonchev–Trinajstić information content (AvgIpc) is 2.63. The van der Waals surface area contributed by atoms with Gasteiger partial charge in [0.15, 0.2) is 0 Å². The minimum Gasteiger partial charge on any atom is -0.379 e. The lowest BCUT2D eigenvalue weighted by Crippen LogP contribution is -2.35. The first-order chi connectivity index (χ1) is 12.4. The summed E-state index contributed by atoms with van der Waals surface area (Å²) in [5.74, 6) is -0.0774. The summed E-state index contributed by atoms with van der Waals surface area (Å²) in [7, 11) is 0. The van der Waals surface area contributed by atoms with Crippen LogP contribution in [0.4, 0.5) is 5.69 Å². The quantitative estimate of drug-likeness (QED) is 0.902. The molecule has 1 aliphatic heterocycles. The van der Waals surface area contributed by atoms with Crippen LogP contribution in [-0.2, 0) is 16.7 Å². The Bertz CT molecular complexity index is 724. The Balaban J connectivity index is 1.59. The maximum Gasteiger partial charge on any atom is 0.255 e. The summed E-state index contributed by atoms with van der Waals surface area (Å²) in [4.78, 5) is 14.8. The molecule has 0 atom stereocenters. The molecule has 26 heavy (non-hydrogen) atoms. The van der Waals surface area contributed by atoms with E-state index in [0.29, 0.717) is 5.56 Å². The Morgan fingerprint density at radius 1 is 1.00 bits per heavy atom. The molecule has 1 amide bonds. The van der Waals surface area contributed by atoms with Crippen molar-refractivity contribution < 1.29 is 9.53 Å². The number of nitrogens with zero attached hydrogens (tertiary/aromatic N) is 1. The SMILES string of the molecule is CC(C)(C)c1ccc(NC(=O)c2ccc(CN3CCOCC3)cc2)cc1. The van der Waals surface area contributed by atoms with Crippen LogP contribution >= 0.6 is 0 Å². The van der Waals surface area contributed by atoms with Crippen molar-refractivity contribution in [3.63, 3.8) is 0 Å². The number of benzene rings is 2. The maximum atomic E-state index is 12.5. The van der Waals surface area contributed by atoms with E-state index in [2.05, 4.69) is 43.1 Å². The number of carbonyl (C=O) groups is 1. The Kier molecular flexibility index (Phi) is 5.74. The third kappa shape index (κ3) is 4.93. The zero-order valence-electron chi connectivity index (χ0n) is 15.9. The van der Waals surface area contributed by atoms with Crippen molar-refractivity contribution in [2.75, 3.05) is 31.6 Å². The largest absolute Gasteiger partial charge is 0.379 e. The lowest BCUT2D eigenvalue weighted by molar-refractivity contribution is 0.0342. The van der Waals surface area contributed by atoms with Gasteiger partial charge in [-0.1, -0.05) is 45.0 Å². The summed E-state index contributed by atoms with van der Waals surface area (Å²) >= 11 is 0. The van der Waals surface area contributed by atoms with Gasteiger partial charge in [0.1, 0.15) is 0 Å². The molecule has 4 heteroatoms. The summed E-state index contributed by atoms with van der Waals surface area (Å²) in [5, 5.41) is 2.97. The second-order valence-electron chi connectivity index (χ2n) is 7.87. The monoisotopic (exact) mass is 352 g/mol. The van der Waals surface area contributed by atoms with E-state index in [0.717, 1.165) is 38.5 Å². The second-order valence-corrected chi connectivity index (χ2v) is 7.87. The van der Waals surface area contributed by atoms with Crippen molar-refractivity contribution in [1.29, 1.82) is 0 Å². The molecule has 1 saturated heterocycles. The Hall–Kier alpha value is -2.17. The first-order valence-electron chi connectivity index (χ1n) is 9.23. The Morgan fingerprint density at radius 2 is 1.62 bits per heavy atom. The predicted octanol–water partition coefficient (Wildman–Crippen LogP) is 4.07. The standard InChI is InChI=1S/C22H28N2O2/c1-22(2,3)19-8-10-20(11-9-19)23-21(25)18-6-4-17(5-7-18)16-24-12-14-26-15-13-24/h4-11H,12-16H2,1-3H3,(H,23,25). The van der Waals surface area contributed by atoms with Crippen LogP contribution in [0.25, 0.3) is 0 Å². The number of nitrogens with one attached hydrogen (secondary N) is 1. The fourth-order valence-electron chi connectivity index (χ4n) is 3.04.